The van der Waals surface area contributed by atoms with E-state index in [1.54, 1.807) is 12.1 Å². The summed E-state index contributed by atoms with van der Waals surface area (Å²) in [4.78, 5) is 7.06. The van der Waals surface area contributed by atoms with Crippen LogP contribution >= 0.6 is 22.9 Å². The van der Waals surface area contributed by atoms with Gasteiger partial charge in [-0.05, 0) is 88.1 Å². The highest BCUT2D eigenvalue weighted by Crippen LogP contribution is 2.22. The van der Waals surface area contributed by atoms with Gasteiger partial charge < -0.3 is 20.1 Å². The molecule has 1 aliphatic heterocycles. The molecule has 172 valence electrons. The van der Waals surface area contributed by atoms with Gasteiger partial charge in [0.2, 0.25) is 0 Å². The van der Waals surface area contributed by atoms with Gasteiger partial charge in [-0.2, -0.15) is 0 Å². The van der Waals surface area contributed by atoms with Crippen molar-refractivity contribution in [3.63, 3.8) is 0 Å². The number of halogens is 1. The number of thiazole rings is 1. The Bertz CT molecular complexity index is 924. The molecule has 2 N–H and O–H groups in total. The SMILES string of the molecule is OC(COc1ccc(Cl)cc1)CN1CCC(NCCCCc2nc3ccccc3s2)CC1. The van der Waals surface area contributed by atoms with Crippen molar-refractivity contribution in [2.75, 3.05) is 32.8 Å². The van der Waals surface area contributed by atoms with Crippen LogP contribution in [0.4, 0.5) is 0 Å². The zero-order valence-corrected chi connectivity index (χ0v) is 20.0. The molecule has 1 atom stereocenters. The molecule has 2 heterocycles. The van der Waals surface area contributed by atoms with Gasteiger partial charge in [-0.1, -0.05) is 23.7 Å². The summed E-state index contributed by atoms with van der Waals surface area (Å²) in [6.45, 7) is 4.05. The van der Waals surface area contributed by atoms with E-state index in [-0.39, 0.29) is 0 Å². The van der Waals surface area contributed by atoms with Crippen LogP contribution in [-0.4, -0.2) is 59.9 Å². The van der Waals surface area contributed by atoms with Crippen LogP contribution in [0.2, 0.25) is 5.02 Å². The van der Waals surface area contributed by atoms with Gasteiger partial charge in [0.05, 0.1) is 15.2 Å². The van der Waals surface area contributed by atoms with Crippen molar-refractivity contribution >= 4 is 33.2 Å². The lowest BCUT2D eigenvalue weighted by molar-refractivity contribution is 0.0579. The van der Waals surface area contributed by atoms with Crippen LogP contribution in [0, 0.1) is 0 Å². The fourth-order valence-electron chi connectivity index (χ4n) is 4.13. The predicted octanol–water partition coefficient (Wildman–Crippen LogP) is 4.77. The molecule has 1 fully saturated rings. The molecule has 0 spiro atoms. The summed E-state index contributed by atoms with van der Waals surface area (Å²) in [6.07, 6.45) is 5.18. The number of para-hydroxylation sites is 1. The molecule has 2 aromatic carbocycles. The van der Waals surface area contributed by atoms with Crippen LogP contribution in [0.5, 0.6) is 5.75 Å². The lowest BCUT2D eigenvalue weighted by Gasteiger charge is -2.33. The molecule has 3 aromatic rings. The van der Waals surface area contributed by atoms with E-state index in [4.69, 9.17) is 21.3 Å². The number of aliphatic hydroxyl groups excluding tert-OH is 1. The van der Waals surface area contributed by atoms with Gasteiger partial charge >= 0.3 is 0 Å². The van der Waals surface area contributed by atoms with Crippen molar-refractivity contribution in [2.45, 2.75) is 44.2 Å². The molecule has 1 aliphatic rings. The first-order valence-corrected chi connectivity index (χ1v) is 12.7. The summed E-state index contributed by atoms with van der Waals surface area (Å²) in [6, 6.07) is 16.2. The summed E-state index contributed by atoms with van der Waals surface area (Å²) in [5.74, 6) is 0.736. The van der Waals surface area contributed by atoms with Crippen LogP contribution in [0.1, 0.15) is 30.7 Å². The number of nitrogens with zero attached hydrogens (tertiary/aromatic N) is 2. The van der Waals surface area contributed by atoms with Crippen molar-refractivity contribution in [1.82, 2.24) is 15.2 Å². The molecule has 0 bridgehead atoms. The molecular formula is C25H32ClN3O2S. The lowest BCUT2D eigenvalue weighted by atomic mass is 10.0. The van der Waals surface area contributed by atoms with E-state index >= 15 is 0 Å². The Morgan fingerprint density at radius 1 is 1.12 bits per heavy atom. The maximum Gasteiger partial charge on any atom is 0.119 e. The third-order valence-electron chi connectivity index (χ3n) is 5.90. The number of hydrogen-bond donors (Lipinski definition) is 2. The highest BCUT2D eigenvalue weighted by atomic mass is 35.5. The van der Waals surface area contributed by atoms with Gasteiger partial charge in [0, 0.05) is 17.6 Å². The van der Waals surface area contributed by atoms with Crippen molar-refractivity contribution < 1.29 is 9.84 Å². The summed E-state index contributed by atoms with van der Waals surface area (Å²) < 4.78 is 6.95. The van der Waals surface area contributed by atoms with Crippen LogP contribution in [-0.2, 0) is 6.42 Å². The molecule has 0 aliphatic carbocycles. The molecular weight excluding hydrogens is 442 g/mol. The first-order valence-electron chi connectivity index (χ1n) is 11.5. The zero-order chi connectivity index (χ0) is 22.2. The van der Waals surface area contributed by atoms with E-state index in [0.29, 0.717) is 24.2 Å². The number of likely N-dealkylation sites (tertiary alicyclic amines) is 1. The van der Waals surface area contributed by atoms with Gasteiger partial charge in [0.1, 0.15) is 18.5 Å². The third kappa shape index (κ3) is 7.15. The minimum atomic E-state index is -0.488. The first kappa shape index (κ1) is 23.5. The Morgan fingerprint density at radius 2 is 1.91 bits per heavy atom. The number of nitrogens with one attached hydrogen (secondary N) is 1. The molecule has 32 heavy (non-hydrogen) atoms. The highest BCUT2D eigenvalue weighted by molar-refractivity contribution is 7.18. The normalized spacial score (nSPS) is 16.4. The second-order valence-electron chi connectivity index (χ2n) is 8.48. The summed E-state index contributed by atoms with van der Waals surface area (Å²) in [5, 5.41) is 16.0. The van der Waals surface area contributed by atoms with Gasteiger partial charge in [0.25, 0.3) is 0 Å². The van der Waals surface area contributed by atoms with Gasteiger partial charge in [0.15, 0.2) is 0 Å². The standard InChI is InChI=1S/C25H32ClN3O2S/c26-19-8-10-22(11-9-19)31-18-21(30)17-29-15-12-20(13-16-29)27-14-4-3-7-25-28-23-5-1-2-6-24(23)32-25/h1-2,5-6,8-11,20-21,27,30H,3-4,7,12-18H2. The minimum absolute atomic E-state index is 0.300. The van der Waals surface area contributed by atoms with Gasteiger partial charge in [-0.15, -0.1) is 11.3 Å². The zero-order valence-electron chi connectivity index (χ0n) is 18.4. The van der Waals surface area contributed by atoms with E-state index in [1.165, 1.54) is 22.5 Å². The number of aromatic nitrogens is 1. The second kappa shape index (κ2) is 12.0. The Balaban J connectivity index is 1.06. The van der Waals surface area contributed by atoms with Crippen LogP contribution in [0.15, 0.2) is 48.5 Å². The minimum Gasteiger partial charge on any atom is -0.491 e. The summed E-state index contributed by atoms with van der Waals surface area (Å²) in [7, 11) is 0. The van der Waals surface area contributed by atoms with Crippen LogP contribution < -0.4 is 10.1 Å². The molecule has 1 unspecified atom stereocenters. The number of ether oxygens (including phenoxy) is 1. The fraction of sp³-hybridized carbons (Fsp3) is 0.480. The predicted molar refractivity (Wildman–Crippen MR) is 133 cm³/mol. The molecule has 1 aromatic heterocycles. The second-order valence-corrected chi connectivity index (χ2v) is 10.0. The monoisotopic (exact) mass is 473 g/mol. The Hall–Kier alpha value is -1.70. The van der Waals surface area contributed by atoms with Crippen molar-refractivity contribution in [3.8, 4) is 5.75 Å². The number of fused-ring (bicyclic) bond motifs is 1. The fourth-order valence-corrected chi connectivity index (χ4v) is 5.26. The van der Waals surface area contributed by atoms with E-state index in [1.807, 2.05) is 23.5 Å². The van der Waals surface area contributed by atoms with E-state index in [0.717, 1.165) is 50.2 Å². The number of aliphatic hydroxyl groups is 1. The molecule has 4 rings (SSSR count). The molecule has 5 nitrogen and oxygen atoms in total. The van der Waals surface area contributed by atoms with Crippen LogP contribution in [0.25, 0.3) is 10.2 Å². The molecule has 0 amide bonds. The topological polar surface area (TPSA) is 57.6 Å². The maximum atomic E-state index is 10.3. The Morgan fingerprint density at radius 3 is 2.69 bits per heavy atom. The number of aryl methyl sites for hydroxylation is 1. The first-order chi connectivity index (χ1) is 15.7. The average Bonchev–Trinajstić information content (AvgIpc) is 3.22. The average molecular weight is 474 g/mol. The third-order valence-corrected chi connectivity index (χ3v) is 7.25. The Kier molecular flexibility index (Phi) is 8.77. The Labute approximate surface area is 199 Å². The summed E-state index contributed by atoms with van der Waals surface area (Å²) in [5.41, 5.74) is 1.12. The van der Waals surface area contributed by atoms with Crippen molar-refractivity contribution in [2.24, 2.45) is 0 Å². The van der Waals surface area contributed by atoms with E-state index in [2.05, 4.69) is 34.5 Å². The number of benzene rings is 2. The lowest BCUT2D eigenvalue weighted by Crippen LogP contribution is -2.45. The molecule has 0 radical (unpaired) electrons. The quantitative estimate of drug-likeness (QED) is 0.393. The van der Waals surface area contributed by atoms with Crippen LogP contribution in [0.3, 0.4) is 0 Å². The number of hydrogen-bond acceptors (Lipinski definition) is 6. The molecule has 7 heteroatoms. The largest absolute Gasteiger partial charge is 0.491 e. The summed E-state index contributed by atoms with van der Waals surface area (Å²) >= 11 is 7.70. The molecule has 1 saturated heterocycles. The van der Waals surface area contributed by atoms with Gasteiger partial charge in [-0.3, -0.25) is 0 Å². The number of piperidine rings is 1. The highest BCUT2D eigenvalue weighted by Gasteiger charge is 2.20. The smallest absolute Gasteiger partial charge is 0.119 e. The maximum absolute atomic E-state index is 10.3. The number of rotatable bonds is 11. The van der Waals surface area contributed by atoms with Gasteiger partial charge in [-0.25, -0.2) is 4.98 Å². The molecule has 0 saturated carbocycles. The van der Waals surface area contributed by atoms with Crippen molar-refractivity contribution in [3.05, 3.63) is 58.6 Å². The van der Waals surface area contributed by atoms with E-state index < -0.39 is 6.10 Å². The van der Waals surface area contributed by atoms with Crippen molar-refractivity contribution in [1.29, 1.82) is 0 Å². The number of β-amino-alcohol motifs (C(OH)–C–C–N with tert-alkyl or cyclic N) is 1. The van der Waals surface area contributed by atoms with E-state index in [9.17, 15) is 5.11 Å². The number of unbranched alkanes of at least 4 members (excludes halogenated alkanes) is 1.